The Morgan fingerprint density at radius 1 is 1.24 bits per heavy atom. The lowest BCUT2D eigenvalue weighted by Gasteiger charge is -2.42. The number of benzene rings is 1. The van der Waals surface area contributed by atoms with Crippen molar-refractivity contribution >= 4 is 43.4 Å². The zero-order valence-electron chi connectivity index (χ0n) is 20.7. The van der Waals surface area contributed by atoms with Crippen molar-refractivity contribution in [2.75, 3.05) is 40.3 Å². The molecule has 11 nitrogen and oxygen atoms in total. The van der Waals surface area contributed by atoms with Crippen molar-refractivity contribution in [1.82, 2.24) is 29.9 Å². The molecule has 3 aliphatic rings. The zero-order valence-corrected chi connectivity index (χ0v) is 22.4. The highest BCUT2D eigenvalue weighted by Crippen LogP contribution is 2.33. The van der Waals surface area contributed by atoms with E-state index in [0.717, 1.165) is 27.1 Å². The molecule has 196 valence electrons. The maximum atomic E-state index is 13.5. The Kier molecular flexibility index (Phi) is 6.43. The number of rotatable bonds is 3. The van der Waals surface area contributed by atoms with Gasteiger partial charge in [0.1, 0.15) is 10.3 Å². The third-order valence-corrected chi connectivity index (χ3v) is 10.4. The van der Waals surface area contributed by atoms with E-state index in [1.54, 1.807) is 24.3 Å². The SMILES string of the molecule is C#Cc1ccc2cc(S(=O)(=O)N3CCN(C(=O)N4CCC5=C(N4)OC(C)N5C)C(C(=O)NC)C3)sc2c1. The Labute approximate surface area is 219 Å². The number of hydrogen-bond acceptors (Lipinski definition) is 8. The van der Waals surface area contributed by atoms with Gasteiger partial charge in [-0.2, -0.15) is 4.31 Å². The van der Waals surface area contributed by atoms with E-state index in [9.17, 15) is 18.0 Å². The summed E-state index contributed by atoms with van der Waals surface area (Å²) in [4.78, 5) is 29.7. The third kappa shape index (κ3) is 4.35. The van der Waals surface area contributed by atoms with Gasteiger partial charge in [-0.25, -0.2) is 18.2 Å². The quantitative estimate of drug-likeness (QED) is 0.557. The summed E-state index contributed by atoms with van der Waals surface area (Å²) in [5.74, 6) is 2.64. The highest BCUT2D eigenvalue weighted by atomic mass is 32.2. The Balaban J connectivity index is 1.36. The molecule has 2 unspecified atom stereocenters. The molecular weight excluding hydrogens is 516 g/mol. The number of nitrogens with zero attached hydrogens (tertiary/aromatic N) is 4. The predicted molar refractivity (Wildman–Crippen MR) is 138 cm³/mol. The van der Waals surface area contributed by atoms with E-state index in [4.69, 9.17) is 11.2 Å². The van der Waals surface area contributed by atoms with E-state index in [1.807, 2.05) is 18.9 Å². The molecule has 0 radical (unpaired) electrons. The molecule has 2 atom stereocenters. The number of carbonyl (C=O) groups excluding carboxylic acids is 2. The highest BCUT2D eigenvalue weighted by Gasteiger charge is 2.43. The number of fused-ring (bicyclic) bond motifs is 1. The van der Waals surface area contributed by atoms with Crippen LogP contribution >= 0.6 is 11.3 Å². The second-order valence-corrected chi connectivity index (χ2v) is 12.3. The summed E-state index contributed by atoms with van der Waals surface area (Å²) < 4.78 is 35.1. The number of carbonyl (C=O) groups is 2. The Morgan fingerprint density at radius 3 is 2.76 bits per heavy atom. The van der Waals surface area contributed by atoms with Gasteiger partial charge in [-0.3, -0.25) is 10.2 Å². The molecule has 3 amide bonds. The molecule has 0 saturated carbocycles. The Hall–Kier alpha value is -3.47. The first-order valence-electron chi connectivity index (χ1n) is 11.8. The lowest BCUT2D eigenvalue weighted by Crippen LogP contribution is -2.64. The summed E-state index contributed by atoms with van der Waals surface area (Å²) in [7, 11) is -0.502. The fourth-order valence-corrected chi connectivity index (χ4v) is 7.75. The van der Waals surface area contributed by atoms with Crippen molar-refractivity contribution in [3.8, 4) is 12.3 Å². The summed E-state index contributed by atoms with van der Waals surface area (Å²) >= 11 is 1.13. The number of nitrogens with one attached hydrogen (secondary N) is 2. The average molecular weight is 545 g/mol. The van der Waals surface area contributed by atoms with Crippen LogP contribution in [0.5, 0.6) is 0 Å². The van der Waals surface area contributed by atoms with Gasteiger partial charge in [0.15, 0.2) is 6.23 Å². The second-order valence-electron chi connectivity index (χ2n) is 9.05. The molecule has 2 N–H and O–H groups in total. The number of thiophene rings is 1. The average Bonchev–Trinajstić information content (AvgIpc) is 3.47. The summed E-state index contributed by atoms with van der Waals surface area (Å²) in [5.41, 5.74) is 4.67. The van der Waals surface area contributed by atoms with Gasteiger partial charge in [-0.05, 0) is 30.5 Å². The summed E-state index contributed by atoms with van der Waals surface area (Å²) in [6.07, 6.45) is 5.93. The first-order valence-corrected chi connectivity index (χ1v) is 14.1. The summed E-state index contributed by atoms with van der Waals surface area (Å²) in [6.45, 7) is 2.26. The molecule has 3 aliphatic heterocycles. The summed E-state index contributed by atoms with van der Waals surface area (Å²) in [5, 5.41) is 4.76. The topological polar surface area (TPSA) is 115 Å². The first kappa shape index (κ1) is 25.2. The van der Waals surface area contributed by atoms with Crippen LogP contribution in [0, 0.1) is 12.3 Å². The van der Waals surface area contributed by atoms with Gasteiger partial charge in [-0.1, -0.05) is 12.0 Å². The van der Waals surface area contributed by atoms with Crippen LogP contribution in [0.3, 0.4) is 0 Å². The normalized spacial score (nSPS) is 22.4. The minimum absolute atomic E-state index is 0.0590. The monoisotopic (exact) mass is 544 g/mol. The molecule has 0 bridgehead atoms. The van der Waals surface area contributed by atoms with Crippen molar-refractivity contribution in [3.05, 3.63) is 41.4 Å². The van der Waals surface area contributed by atoms with Gasteiger partial charge in [0.05, 0.1) is 5.70 Å². The molecule has 37 heavy (non-hydrogen) atoms. The number of terminal acetylenes is 1. The van der Waals surface area contributed by atoms with E-state index in [2.05, 4.69) is 16.7 Å². The predicted octanol–water partition coefficient (Wildman–Crippen LogP) is 1.11. The van der Waals surface area contributed by atoms with Gasteiger partial charge in [0.2, 0.25) is 11.8 Å². The molecule has 0 aliphatic carbocycles. The number of sulfonamides is 1. The number of hydrazine groups is 1. The van der Waals surface area contributed by atoms with Crippen LogP contribution in [-0.2, 0) is 19.6 Å². The minimum atomic E-state index is -3.90. The van der Waals surface area contributed by atoms with Gasteiger partial charge < -0.3 is 19.9 Å². The smallest absolute Gasteiger partial charge is 0.339 e. The van der Waals surface area contributed by atoms with Gasteiger partial charge >= 0.3 is 6.03 Å². The minimum Gasteiger partial charge on any atom is -0.453 e. The first-order chi connectivity index (χ1) is 17.6. The van der Waals surface area contributed by atoms with E-state index in [0.29, 0.717) is 24.4 Å². The largest absolute Gasteiger partial charge is 0.453 e. The van der Waals surface area contributed by atoms with Crippen LogP contribution in [0.4, 0.5) is 4.79 Å². The molecule has 1 fully saturated rings. The fraction of sp³-hybridized carbons (Fsp3) is 0.417. The van der Waals surface area contributed by atoms with E-state index >= 15 is 0 Å². The number of urea groups is 1. The summed E-state index contributed by atoms with van der Waals surface area (Å²) in [6, 6.07) is 5.55. The number of amides is 3. The van der Waals surface area contributed by atoms with Crippen molar-refractivity contribution in [2.24, 2.45) is 0 Å². The van der Waals surface area contributed by atoms with Crippen LogP contribution in [0.1, 0.15) is 18.9 Å². The molecule has 1 aromatic heterocycles. The Bertz CT molecular complexity index is 1450. The molecule has 5 rings (SSSR count). The number of hydrogen-bond donors (Lipinski definition) is 2. The van der Waals surface area contributed by atoms with Crippen LogP contribution in [-0.4, -0.2) is 92.0 Å². The van der Waals surface area contributed by atoms with Gasteiger partial charge in [-0.15, -0.1) is 17.8 Å². The highest BCUT2D eigenvalue weighted by molar-refractivity contribution is 7.91. The molecule has 1 aromatic carbocycles. The van der Waals surface area contributed by atoms with Crippen LogP contribution in [0.15, 0.2) is 40.1 Å². The molecule has 4 heterocycles. The lowest BCUT2D eigenvalue weighted by atomic mass is 10.2. The van der Waals surface area contributed by atoms with E-state index in [1.165, 1.54) is 21.3 Å². The molecule has 2 aromatic rings. The fourth-order valence-electron chi connectivity index (χ4n) is 4.72. The van der Waals surface area contributed by atoms with Crippen LogP contribution < -0.4 is 10.7 Å². The number of piperazine rings is 1. The van der Waals surface area contributed by atoms with E-state index < -0.39 is 28.0 Å². The van der Waals surface area contributed by atoms with Crippen molar-refractivity contribution in [3.63, 3.8) is 0 Å². The standard InChI is InChI=1S/C24H28N6O5S2/c1-5-16-6-7-17-13-21(36-20(17)12-16)37(33,34)28-10-11-29(19(14-28)22(31)25-3)24(32)30-9-8-18-23(26-30)35-15(2)27(18)4/h1,6-7,12-13,15,19,26H,8-11,14H2,2-4H3,(H,25,31). The third-order valence-electron chi connectivity index (χ3n) is 6.96. The Morgan fingerprint density at radius 2 is 2.03 bits per heavy atom. The zero-order chi connectivity index (χ0) is 26.5. The number of ether oxygens (including phenoxy) is 1. The maximum absolute atomic E-state index is 13.5. The molecule has 1 saturated heterocycles. The van der Waals surface area contributed by atoms with Gasteiger partial charge in [0.25, 0.3) is 10.0 Å². The second kappa shape index (κ2) is 9.44. The lowest BCUT2D eigenvalue weighted by molar-refractivity contribution is -0.126. The van der Waals surface area contributed by atoms with Crippen LogP contribution in [0.25, 0.3) is 10.1 Å². The van der Waals surface area contributed by atoms with Gasteiger partial charge in [0, 0.05) is 57.0 Å². The van der Waals surface area contributed by atoms with Crippen molar-refractivity contribution in [1.29, 1.82) is 0 Å². The number of likely N-dealkylation sites (N-methyl/N-ethyl adjacent to an activating group) is 1. The molecular formula is C24H28N6O5S2. The molecule has 13 heteroatoms. The maximum Gasteiger partial charge on any atom is 0.339 e. The molecule has 0 spiro atoms. The van der Waals surface area contributed by atoms with Crippen molar-refractivity contribution < 1.29 is 22.7 Å². The van der Waals surface area contributed by atoms with Crippen LogP contribution in [0.2, 0.25) is 0 Å². The van der Waals surface area contributed by atoms with Crippen molar-refractivity contribution in [2.45, 2.75) is 29.8 Å². The van der Waals surface area contributed by atoms with E-state index in [-0.39, 0.29) is 30.1 Å².